The molecule has 0 saturated carbocycles. The third-order valence-electron chi connectivity index (χ3n) is 2.50. The van der Waals surface area contributed by atoms with Crippen molar-refractivity contribution in [3.8, 4) is 11.4 Å². The first kappa shape index (κ1) is 12.9. The molecule has 0 radical (unpaired) electrons. The molecule has 0 amide bonds. The van der Waals surface area contributed by atoms with Gasteiger partial charge >= 0.3 is 0 Å². The summed E-state index contributed by atoms with van der Waals surface area (Å²) >= 11 is 1.63. The van der Waals surface area contributed by atoms with E-state index >= 15 is 0 Å². The first-order valence-electron chi connectivity index (χ1n) is 6.06. The molecular formula is C14H17N3S. The minimum Gasteiger partial charge on any atom is -0.370 e. The van der Waals surface area contributed by atoms with E-state index in [0.717, 1.165) is 35.2 Å². The monoisotopic (exact) mass is 259 g/mol. The summed E-state index contributed by atoms with van der Waals surface area (Å²) in [6, 6.07) is 12.1. The highest BCUT2D eigenvalue weighted by Gasteiger charge is 2.05. The van der Waals surface area contributed by atoms with Crippen LogP contribution in [0.1, 0.15) is 13.3 Å². The van der Waals surface area contributed by atoms with Gasteiger partial charge in [0.2, 0.25) is 0 Å². The molecule has 0 atom stereocenters. The summed E-state index contributed by atoms with van der Waals surface area (Å²) in [5, 5.41) is 4.30. The zero-order chi connectivity index (χ0) is 12.8. The third-order valence-corrected chi connectivity index (χ3v) is 3.13. The number of rotatable bonds is 5. The minimum atomic E-state index is 0.779. The van der Waals surface area contributed by atoms with Crippen LogP contribution in [0, 0.1) is 0 Å². The number of thioether (sulfide) groups is 1. The molecule has 0 bridgehead atoms. The van der Waals surface area contributed by atoms with Crippen molar-refractivity contribution in [2.75, 3.05) is 18.1 Å². The number of nitrogens with zero attached hydrogens (tertiary/aromatic N) is 2. The quantitative estimate of drug-likeness (QED) is 0.656. The van der Waals surface area contributed by atoms with Gasteiger partial charge in [0, 0.05) is 18.2 Å². The highest BCUT2D eigenvalue weighted by Crippen LogP contribution is 2.21. The molecule has 1 heterocycles. The molecular weight excluding hydrogens is 242 g/mol. The maximum atomic E-state index is 4.55. The van der Waals surface area contributed by atoms with Crippen molar-refractivity contribution in [1.29, 1.82) is 0 Å². The Balaban J connectivity index is 2.35. The van der Waals surface area contributed by atoms with E-state index in [4.69, 9.17) is 0 Å². The third kappa shape index (κ3) is 3.23. The topological polar surface area (TPSA) is 37.8 Å². The second kappa shape index (κ2) is 6.40. The SMILES string of the molecule is CCCNc1cc(SC)nc(-c2ccccc2)n1. The molecule has 0 unspecified atom stereocenters. The molecule has 1 aromatic heterocycles. The van der Waals surface area contributed by atoms with Gasteiger partial charge in [-0.25, -0.2) is 9.97 Å². The van der Waals surface area contributed by atoms with Crippen molar-refractivity contribution in [3.63, 3.8) is 0 Å². The van der Waals surface area contributed by atoms with Crippen LogP contribution >= 0.6 is 11.8 Å². The molecule has 1 aromatic carbocycles. The molecule has 2 rings (SSSR count). The summed E-state index contributed by atoms with van der Waals surface area (Å²) in [5.41, 5.74) is 1.05. The van der Waals surface area contributed by atoms with Crippen LogP contribution in [-0.4, -0.2) is 22.8 Å². The molecule has 2 aromatic rings. The normalized spacial score (nSPS) is 10.3. The zero-order valence-corrected chi connectivity index (χ0v) is 11.5. The number of hydrogen-bond acceptors (Lipinski definition) is 4. The van der Waals surface area contributed by atoms with Crippen LogP contribution in [0.2, 0.25) is 0 Å². The van der Waals surface area contributed by atoms with E-state index in [9.17, 15) is 0 Å². The van der Waals surface area contributed by atoms with Crippen molar-refractivity contribution < 1.29 is 0 Å². The summed E-state index contributed by atoms with van der Waals surface area (Å²) < 4.78 is 0. The van der Waals surface area contributed by atoms with Gasteiger partial charge in [0.15, 0.2) is 5.82 Å². The van der Waals surface area contributed by atoms with Crippen molar-refractivity contribution in [2.45, 2.75) is 18.4 Å². The fourth-order valence-electron chi connectivity index (χ4n) is 1.59. The molecule has 1 N–H and O–H groups in total. The molecule has 3 nitrogen and oxygen atoms in total. The zero-order valence-electron chi connectivity index (χ0n) is 10.7. The van der Waals surface area contributed by atoms with Crippen LogP contribution < -0.4 is 5.32 Å². The van der Waals surface area contributed by atoms with Gasteiger partial charge < -0.3 is 5.32 Å². The molecule has 0 aliphatic heterocycles. The van der Waals surface area contributed by atoms with Gasteiger partial charge in [-0.05, 0) is 12.7 Å². The van der Waals surface area contributed by atoms with E-state index in [1.54, 1.807) is 11.8 Å². The van der Waals surface area contributed by atoms with Crippen molar-refractivity contribution in [3.05, 3.63) is 36.4 Å². The lowest BCUT2D eigenvalue weighted by Crippen LogP contribution is -2.04. The van der Waals surface area contributed by atoms with Gasteiger partial charge in [-0.1, -0.05) is 37.3 Å². The Morgan fingerprint density at radius 1 is 1.17 bits per heavy atom. The molecule has 0 fully saturated rings. The number of aromatic nitrogens is 2. The Morgan fingerprint density at radius 3 is 2.61 bits per heavy atom. The van der Waals surface area contributed by atoms with E-state index in [1.807, 2.05) is 42.7 Å². The minimum absolute atomic E-state index is 0.779. The van der Waals surface area contributed by atoms with Crippen molar-refractivity contribution >= 4 is 17.6 Å². The van der Waals surface area contributed by atoms with Crippen LogP contribution in [0.4, 0.5) is 5.82 Å². The lowest BCUT2D eigenvalue weighted by Gasteiger charge is -2.08. The van der Waals surface area contributed by atoms with Crippen LogP contribution in [0.25, 0.3) is 11.4 Å². The van der Waals surface area contributed by atoms with E-state index in [0.29, 0.717) is 0 Å². The fourth-order valence-corrected chi connectivity index (χ4v) is 2.00. The molecule has 18 heavy (non-hydrogen) atoms. The Bertz CT molecular complexity index is 500. The van der Waals surface area contributed by atoms with Crippen LogP contribution in [0.3, 0.4) is 0 Å². The molecule has 0 saturated heterocycles. The van der Waals surface area contributed by atoms with Crippen LogP contribution in [-0.2, 0) is 0 Å². The summed E-state index contributed by atoms with van der Waals surface area (Å²) in [7, 11) is 0. The van der Waals surface area contributed by atoms with Gasteiger partial charge in [-0.15, -0.1) is 11.8 Å². The van der Waals surface area contributed by atoms with E-state index in [-0.39, 0.29) is 0 Å². The first-order chi connectivity index (χ1) is 8.83. The Morgan fingerprint density at radius 2 is 1.94 bits per heavy atom. The summed E-state index contributed by atoms with van der Waals surface area (Å²) in [6.45, 7) is 3.07. The molecule has 4 heteroatoms. The summed E-state index contributed by atoms with van der Waals surface area (Å²) in [4.78, 5) is 9.10. The average molecular weight is 259 g/mol. The van der Waals surface area contributed by atoms with E-state index in [1.165, 1.54) is 0 Å². The fraction of sp³-hybridized carbons (Fsp3) is 0.286. The molecule has 94 valence electrons. The Kier molecular flexibility index (Phi) is 4.59. The second-order valence-corrected chi connectivity index (χ2v) is 4.74. The molecule has 0 spiro atoms. The number of anilines is 1. The maximum absolute atomic E-state index is 4.55. The predicted molar refractivity (Wildman–Crippen MR) is 78.0 cm³/mol. The van der Waals surface area contributed by atoms with Gasteiger partial charge in [0.05, 0.1) is 0 Å². The van der Waals surface area contributed by atoms with Gasteiger partial charge in [0.1, 0.15) is 10.8 Å². The first-order valence-corrected chi connectivity index (χ1v) is 7.28. The summed E-state index contributed by atoms with van der Waals surface area (Å²) in [6.07, 6.45) is 3.11. The van der Waals surface area contributed by atoms with Gasteiger partial charge in [-0.2, -0.15) is 0 Å². The second-order valence-electron chi connectivity index (χ2n) is 3.91. The number of nitrogens with one attached hydrogen (secondary N) is 1. The van der Waals surface area contributed by atoms with Crippen molar-refractivity contribution in [2.24, 2.45) is 0 Å². The Labute approximate surface area is 112 Å². The highest BCUT2D eigenvalue weighted by molar-refractivity contribution is 7.98. The Hall–Kier alpha value is -1.55. The van der Waals surface area contributed by atoms with Gasteiger partial charge in [-0.3, -0.25) is 0 Å². The largest absolute Gasteiger partial charge is 0.370 e. The van der Waals surface area contributed by atoms with Crippen LogP contribution in [0.15, 0.2) is 41.4 Å². The predicted octanol–water partition coefficient (Wildman–Crippen LogP) is 3.69. The van der Waals surface area contributed by atoms with Crippen LogP contribution in [0.5, 0.6) is 0 Å². The standard InChI is InChI=1S/C14H17N3S/c1-3-9-15-12-10-13(18-2)17-14(16-12)11-7-5-4-6-8-11/h4-8,10H,3,9H2,1-2H3,(H,15,16,17). The maximum Gasteiger partial charge on any atom is 0.162 e. The number of benzene rings is 1. The smallest absolute Gasteiger partial charge is 0.162 e. The average Bonchev–Trinajstić information content (AvgIpc) is 2.45. The van der Waals surface area contributed by atoms with E-state index < -0.39 is 0 Å². The number of hydrogen-bond donors (Lipinski definition) is 1. The molecule has 0 aliphatic rings. The van der Waals surface area contributed by atoms with Crippen molar-refractivity contribution in [1.82, 2.24) is 9.97 Å². The highest BCUT2D eigenvalue weighted by atomic mass is 32.2. The lowest BCUT2D eigenvalue weighted by molar-refractivity contribution is 0.956. The van der Waals surface area contributed by atoms with E-state index in [2.05, 4.69) is 22.2 Å². The summed E-state index contributed by atoms with van der Waals surface area (Å²) in [5.74, 6) is 1.68. The molecule has 0 aliphatic carbocycles. The lowest BCUT2D eigenvalue weighted by atomic mass is 10.2. The van der Waals surface area contributed by atoms with Gasteiger partial charge in [0.25, 0.3) is 0 Å².